The van der Waals surface area contributed by atoms with Gasteiger partial charge in [0.2, 0.25) is 5.13 Å². The Hall–Kier alpha value is -1.21. The molecule has 0 spiro atoms. The Kier molecular flexibility index (Phi) is 2.71. The average Bonchev–Trinajstić information content (AvgIpc) is 2.97. The van der Waals surface area contributed by atoms with E-state index in [0.717, 1.165) is 33.8 Å². The lowest BCUT2D eigenvalue weighted by molar-refractivity contribution is 0.949. The fourth-order valence-corrected chi connectivity index (χ4v) is 3.80. The Bertz CT molecular complexity index is 527. The average molecular weight is 267 g/mol. The van der Waals surface area contributed by atoms with Crippen LogP contribution in [0.15, 0.2) is 0 Å². The molecule has 2 aromatic heterocycles. The number of nitrogens with zero attached hydrogens (tertiary/aromatic N) is 4. The summed E-state index contributed by atoms with van der Waals surface area (Å²) in [6.45, 7) is 4.25. The number of anilines is 2. The van der Waals surface area contributed by atoms with Gasteiger partial charge < -0.3 is 10.6 Å². The second-order valence-corrected chi connectivity index (χ2v) is 6.04. The van der Waals surface area contributed by atoms with Gasteiger partial charge in [-0.3, -0.25) is 0 Å². The van der Waals surface area contributed by atoms with Gasteiger partial charge in [0.25, 0.3) is 0 Å². The minimum Gasteiger partial charge on any atom is -0.374 e. The summed E-state index contributed by atoms with van der Waals surface area (Å²) >= 11 is 3.11. The molecule has 3 rings (SSSR count). The van der Waals surface area contributed by atoms with Crippen molar-refractivity contribution in [1.82, 2.24) is 15.2 Å². The summed E-state index contributed by atoms with van der Waals surface area (Å²) in [6, 6.07) is 0. The fourth-order valence-electron chi connectivity index (χ4n) is 1.95. The molecule has 0 aromatic carbocycles. The fraction of sp³-hybridized carbons (Fsp3) is 0.500. The Balaban J connectivity index is 1.95. The van der Waals surface area contributed by atoms with Gasteiger partial charge in [-0.25, -0.2) is 4.98 Å². The molecule has 0 saturated carbocycles. The maximum absolute atomic E-state index is 5.61. The van der Waals surface area contributed by atoms with E-state index in [4.69, 9.17) is 5.73 Å². The largest absolute Gasteiger partial charge is 0.374 e. The molecular weight excluding hydrogens is 254 g/mol. The van der Waals surface area contributed by atoms with E-state index >= 15 is 0 Å². The third kappa shape index (κ3) is 2.00. The number of rotatable bonds is 2. The minimum atomic E-state index is 0.510. The SMILES string of the molecule is Cc1nc(N2CCCC2)sc1-c1nnc(N)s1. The molecule has 2 N–H and O–H groups in total. The molecule has 0 radical (unpaired) electrons. The molecule has 3 heterocycles. The molecule has 0 bridgehead atoms. The van der Waals surface area contributed by atoms with E-state index in [9.17, 15) is 0 Å². The van der Waals surface area contributed by atoms with E-state index in [-0.39, 0.29) is 0 Å². The van der Waals surface area contributed by atoms with Crippen LogP contribution in [0.4, 0.5) is 10.3 Å². The van der Waals surface area contributed by atoms with Crippen LogP contribution in [0, 0.1) is 6.92 Å². The molecule has 5 nitrogen and oxygen atoms in total. The standard InChI is InChI=1S/C10H13N5S2/c1-6-7(8-13-14-9(11)17-8)16-10(12-6)15-4-2-3-5-15/h2-5H2,1H3,(H2,11,14). The topological polar surface area (TPSA) is 67.9 Å². The van der Waals surface area contributed by atoms with Crippen LogP contribution in [0.3, 0.4) is 0 Å². The van der Waals surface area contributed by atoms with E-state index in [2.05, 4.69) is 20.1 Å². The number of nitrogen functional groups attached to an aromatic ring is 1. The van der Waals surface area contributed by atoms with E-state index in [1.54, 1.807) is 11.3 Å². The van der Waals surface area contributed by atoms with Gasteiger partial charge >= 0.3 is 0 Å². The van der Waals surface area contributed by atoms with Crippen molar-refractivity contribution in [3.05, 3.63) is 5.69 Å². The van der Waals surface area contributed by atoms with Crippen molar-refractivity contribution in [2.75, 3.05) is 23.7 Å². The Labute approximate surface area is 107 Å². The van der Waals surface area contributed by atoms with E-state index in [1.807, 2.05) is 6.92 Å². The highest BCUT2D eigenvalue weighted by molar-refractivity contribution is 7.25. The second kappa shape index (κ2) is 4.23. The summed E-state index contributed by atoms with van der Waals surface area (Å²) < 4.78 is 0. The smallest absolute Gasteiger partial charge is 0.203 e. The van der Waals surface area contributed by atoms with Crippen molar-refractivity contribution in [1.29, 1.82) is 0 Å². The first kappa shape index (κ1) is 10.9. The van der Waals surface area contributed by atoms with Gasteiger partial charge in [-0.2, -0.15) is 0 Å². The maximum Gasteiger partial charge on any atom is 0.203 e. The van der Waals surface area contributed by atoms with Crippen LogP contribution in [0.25, 0.3) is 9.88 Å². The normalized spacial score (nSPS) is 15.7. The molecule has 90 valence electrons. The Morgan fingerprint density at radius 3 is 2.59 bits per heavy atom. The van der Waals surface area contributed by atoms with Crippen molar-refractivity contribution in [3.63, 3.8) is 0 Å². The third-order valence-corrected chi connectivity index (χ3v) is 4.92. The van der Waals surface area contributed by atoms with Gasteiger partial charge in [0.15, 0.2) is 10.1 Å². The summed E-state index contributed by atoms with van der Waals surface area (Å²) in [6.07, 6.45) is 2.53. The first-order valence-corrected chi connectivity index (χ1v) is 7.19. The number of hydrogen-bond donors (Lipinski definition) is 1. The molecule has 0 amide bonds. The van der Waals surface area contributed by atoms with Gasteiger partial charge in [-0.15, -0.1) is 10.2 Å². The van der Waals surface area contributed by atoms with Gasteiger partial charge in [0, 0.05) is 13.1 Å². The predicted molar refractivity (Wildman–Crippen MR) is 71.6 cm³/mol. The zero-order valence-corrected chi connectivity index (χ0v) is 11.1. The van der Waals surface area contributed by atoms with Crippen LogP contribution in [-0.2, 0) is 0 Å². The molecule has 1 aliphatic heterocycles. The summed E-state index contributed by atoms with van der Waals surface area (Å²) in [5.74, 6) is 0. The van der Waals surface area contributed by atoms with Crippen LogP contribution in [-0.4, -0.2) is 28.3 Å². The monoisotopic (exact) mass is 267 g/mol. The van der Waals surface area contributed by atoms with Crippen LogP contribution in [0.1, 0.15) is 18.5 Å². The maximum atomic E-state index is 5.61. The molecule has 1 saturated heterocycles. The lowest BCUT2D eigenvalue weighted by atomic mass is 10.4. The first-order chi connectivity index (χ1) is 8.24. The molecule has 17 heavy (non-hydrogen) atoms. The zero-order chi connectivity index (χ0) is 11.8. The Morgan fingerprint density at radius 2 is 1.94 bits per heavy atom. The van der Waals surface area contributed by atoms with Crippen LogP contribution in [0.5, 0.6) is 0 Å². The van der Waals surface area contributed by atoms with Crippen molar-refractivity contribution >= 4 is 32.9 Å². The summed E-state index contributed by atoms with van der Waals surface area (Å²) in [5, 5.41) is 10.4. The summed E-state index contributed by atoms with van der Waals surface area (Å²) in [5.41, 5.74) is 6.64. The van der Waals surface area contributed by atoms with Gasteiger partial charge in [-0.1, -0.05) is 22.7 Å². The number of aryl methyl sites for hydroxylation is 1. The van der Waals surface area contributed by atoms with Gasteiger partial charge in [0.05, 0.1) is 10.6 Å². The van der Waals surface area contributed by atoms with E-state index < -0.39 is 0 Å². The highest BCUT2D eigenvalue weighted by Crippen LogP contribution is 2.37. The lowest BCUT2D eigenvalue weighted by Gasteiger charge is -2.11. The van der Waals surface area contributed by atoms with Gasteiger partial charge in [-0.05, 0) is 19.8 Å². The van der Waals surface area contributed by atoms with Crippen LogP contribution >= 0.6 is 22.7 Å². The second-order valence-electron chi connectivity index (χ2n) is 4.05. The third-order valence-electron chi connectivity index (χ3n) is 2.80. The highest BCUT2D eigenvalue weighted by atomic mass is 32.1. The Morgan fingerprint density at radius 1 is 1.18 bits per heavy atom. The quantitative estimate of drug-likeness (QED) is 0.903. The molecule has 2 aromatic rings. The zero-order valence-electron chi connectivity index (χ0n) is 9.51. The lowest BCUT2D eigenvalue weighted by Crippen LogP contribution is -2.17. The summed E-state index contributed by atoms with van der Waals surface area (Å²) in [4.78, 5) is 8.06. The van der Waals surface area contributed by atoms with Crippen LogP contribution < -0.4 is 10.6 Å². The number of thiazole rings is 1. The number of nitrogens with two attached hydrogens (primary N) is 1. The molecule has 7 heteroatoms. The predicted octanol–water partition coefficient (Wildman–Crippen LogP) is 2.15. The number of aromatic nitrogens is 3. The first-order valence-electron chi connectivity index (χ1n) is 5.56. The molecule has 0 atom stereocenters. The minimum absolute atomic E-state index is 0.510. The highest BCUT2D eigenvalue weighted by Gasteiger charge is 2.19. The number of hydrogen-bond acceptors (Lipinski definition) is 7. The molecule has 1 fully saturated rings. The van der Waals surface area contributed by atoms with Crippen LogP contribution in [0.2, 0.25) is 0 Å². The van der Waals surface area contributed by atoms with Crippen molar-refractivity contribution < 1.29 is 0 Å². The van der Waals surface area contributed by atoms with E-state index in [0.29, 0.717) is 5.13 Å². The molecular formula is C10H13N5S2. The molecule has 0 unspecified atom stereocenters. The van der Waals surface area contributed by atoms with Crippen molar-refractivity contribution in [2.24, 2.45) is 0 Å². The summed E-state index contributed by atoms with van der Waals surface area (Å²) in [7, 11) is 0. The van der Waals surface area contributed by atoms with Crippen molar-refractivity contribution in [3.8, 4) is 9.88 Å². The van der Waals surface area contributed by atoms with E-state index in [1.165, 1.54) is 24.2 Å². The van der Waals surface area contributed by atoms with Crippen molar-refractivity contribution in [2.45, 2.75) is 19.8 Å². The molecule has 1 aliphatic rings. The molecule has 0 aliphatic carbocycles. The van der Waals surface area contributed by atoms with Gasteiger partial charge in [0.1, 0.15) is 0 Å².